The molecular formula is C22H19N3O2. The van der Waals surface area contributed by atoms with Crippen molar-refractivity contribution in [3.05, 3.63) is 83.7 Å². The van der Waals surface area contributed by atoms with Crippen LogP contribution >= 0.6 is 0 Å². The van der Waals surface area contributed by atoms with Crippen LogP contribution < -0.4 is 10.2 Å². The number of aromatic nitrogens is 1. The van der Waals surface area contributed by atoms with Crippen molar-refractivity contribution in [2.45, 2.75) is 13.3 Å². The van der Waals surface area contributed by atoms with Gasteiger partial charge in [0.15, 0.2) is 5.78 Å². The Hall–Kier alpha value is -3.47. The molecule has 0 atom stereocenters. The smallest absolute Gasteiger partial charge is 0.274 e. The maximum absolute atomic E-state index is 12.6. The van der Waals surface area contributed by atoms with E-state index in [1.54, 1.807) is 36.5 Å². The summed E-state index contributed by atoms with van der Waals surface area (Å²) in [7, 11) is 0. The Kier molecular flexibility index (Phi) is 4.42. The second-order valence-corrected chi connectivity index (χ2v) is 6.52. The second kappa shape index (κ2) is 7.03. The molecule has 134 valence electrons. The Balaban J connectivity index is 1.54. The van der Waals surface area contributed by atoms with Crippen LogP contribution in [0, 0.1) is 0 Å². The fourth-order valence-electron chi connectivity index (χ4n) is 3.30. The fourth-order valence-corrected chi connectivity index (χ4v) is 3.30. The highest BCUT2D eigenvalue weighted by Crippen LogP contribution is 2.34. The van der Waals surface area contributed by atoms with Gasteiger partial charge in [-0.3, -0.25) is 14.6 Å². The molecule has 0 bridgehead atoms. The van der Waals surface area contributed by atoms with E-state index in [4.69, 9.17) is 0 Å². The van der Waals surface area contributed by atoms with Crippen molar-refractivity contribution >= 4 is 28.8 Å². The minimum atomic E-state index is -0.278. The van der Waals surface area contributed by atoms with Crippen molar-refractivity contribution in [1.82, 2.24) is 4.98 Å². The van der Waals surface area contributed by atoms with Gasteiger partial charge in [-0.1, -0.05) is 18.2 Å². The molecule has 1 aromatic heterocycles. The predicted octanol–water partition coefficient (Wildman–Crippen LogP) is 4.23. The summed E-state index contributed by atoms with van der Waals surface area (Å²) in [6, 6.07) is 18.9. The number of nitrogens with zero attached hydrogens (tertiary/aromatic N) is 2. The number of para-hydroxylation sites is 1. The number of ketones is 1. The van der Waals surface area contributed by atoms with Gasteiger partial charge in [0.05, 0.1) is 0 Å². The van der Waals surface area contributed by atoms with Crippen molar-refractivity contribution in [2.24, 2.45) is 0 Å². The molecule has 1 N–H and O–H groups in total. The third-order valence-electron chi connectivity index (χ3n) is 4.72. The molecule has 0 unspecified atom stereocenters. The number of pyridine rings is 1. The van der Waals surface area contributed by atoms with E-state index >= 15 is 0 Å². The lowest BCUT2D eigenvalue weighted by Gasteiger charge is -2.19. The average molecular weight is 357 g/mol. The normalized spacial score (nSPS) is 12.6. The molecule has 1 aliphatic heterocycles. The summed E-state index contributed by atoms with van der Waals surface area (Å²) in [5.41, 5.74) is 5.03. The van der Waals surface area contributed by atoms with E-state index in [0.717, 1.165) is 18.7 Å². The molecule has 0 saturated carbocycles. The van der Waals surface area contributed by atoms with E-state index in [-0.39, 0.29) is 11.7 Å². The molecule has 0 radical (unpaired) electrons. The number of anilines is 3. The molecule has 1 amide bonds. The Morgan fingerprint density at radius 1 is 1.04 bits per heavy atom. The molecule has 27 heavy (non-hydrogen) atoms. The third kappa shape index (κ3) is 3.44. The lowest BCUT2D eigenvalue weighted by Crippen LogP contribution is -2.17. The minimum Gasteiger partial charge on any atom is -0.341 e. The van der Waals surface area contributed by atoms with E-state index in [2.05, 4.69) is 27.3 Å². The summed E-state index contributed by atoms with van der Waals surface area (Å²) < 4.78 is 0. The number of amides is 1. The maximum Gasteiger partial charge on any atom is 0.274 e. The largest absolute Gasteiger partial charge is 0.341 e. The third-order valence-corrected chi connectivity index (χ3v) is 4.72. The summed E-state index contributed by atoms with van der Waals surface area (Å²) in [6.45, 7) is 2.40. The Morgan fingerprint density at radius 3 is 2.59 bits per heavy atom. The average Bonchev–Trinajstić information content (AvgIpc) is 3.12. The Morgan fingerprint density at radius 2 is 1.81 bits per heavy atom. The Labute approximate surface area is 157 Å². The van der Waals surface area contributed by atoms with Crippen LogP contribution in [-0.2, 0) is 6.42 Å². The van der Waals surface area contributed by atoms with Crippen LogP contribution in [0.4, 0.5) is 17.1 Å². The molecule has 0 saturated heterocycles. The number of carbonyl (C=O) groups excluding carboxylic acids is 2. The number of carbonyl (C=O) groups is 2. The van der Waals surface area contributed by atoms with Crippen molar-refractivity contribution in [2.75, 3.05) is 16.8 Å². The number of rotatable bonds is 4. The molecule has 3 aromatic rings. The van der Waals surface area contributed by atoms with Gasteiger partial charge in [0.1, 0.15) is 5.69 Å². The SMILES string of the molecule is CC(=O)c1ccc(NC(=O)c2cc(N3CCc4ccccc43)ccn2)cc1. The summed E-state index contributed by atoms with van der Waals surface area (Å²) >= 11 is 0. The lowest BCUT2D eigenvalue weighted by molar-refractivity contribution is 0.101. The van der Waals surface area contributed by atoms with Gasteiger partial charge in [-0.05, 0) is 61.4 Å². The van der Waals surface area contributed by atoms with Gasteiger partial charge < -0.3 is 10.2 Å². The van der Waals surface area contributed by atoms with Crippen LogP contribution in [-0.4, -0.2) is 23.2 Å². The van der Waals surface area contributed by atoms with Gasteiger partial charge in [-0.15, -0.1) is 0 Å². The molecule has 0 fully saturated rings. The number of fused-ring (bicyclic) bond motifs is 1. The molecule has 2 aromatic carbocycles. The van der Waals surface area contributed by atoms with Gasteiger partial charge in [-0.25, -0.2) is 0 Å². The summed E-state index contributed by atoms with van der Waals surface area (Å²) in [6.07, 6.45) is 2.65. The van der Waals surface area contributed by atoms with Crippen molar-refractivity contribution < 1.29 is 9.59 Å². The highest BCUT2D eigenvalue weighted by molar-refractivity contribution is 6.04. The fraction of sp³-hybridized carbons (Fsp3) is 0.136. The van der Waals surface area contributed by atoms with Crippen molar-refractivity contribution in [3.8, 4) is 0 Å². The highest BCUT2D eigenvalue weighted by atomic mass is 16.2. The first kappa shape index (κ1) is 17.0. The Bertz CT molecular complexity index is 1010. The quantitative estimate of drug-likeness (QED) is 0.710. The highest BCUT2D eigenvalue weighted by Gasteiger charge is 2.21. The monoisotopic (exact) mass is 357 g/mol. The number of hydrogen-bond acceptors (Lipinski definition) is 4. The predicted molar refractivity (Wildman–Crippen MR) is 106 cm³/mol. The molecule has 5 nitrogen and oxygen atoms in total. The van der Waals surface area contributed by atoms with Gasteiger partial charge in [0.25, 0.3) is 5.91 Å². The van der Waals surface area contributed by atoms with Gasteiger partial charge in [0.2, 0.25) is 0 Å². The molecule has 2 heterocycles. The number of Topliss-reactive ketones (excluding diaryl/α,β-unsaturated/α-hetero) is 1. The van der Waals surface area contributed by atoms with E-state index in [1.165, 1.54) is 18.2 Å². The first-order chi connectivity index (χ1) is 13.1. The summed E-state index contributed by atoms with van der Waals surface area (Å²) in [5.74, 6) is -0.284. The zero-order valence-corrected chi connectivity index (χ0v) is 15.0. The van der Waals surface area contributed by atoms with Gasteiger partial charge >= 0.3 is 0 Å². The molecule has 0 aliphatic carbocycles. The first-order valence-electron chi connectivity index (χ1n) is 8.86. The second-order valence-electron chi connectivity index (χ2n) is 6.52. The zero-order valence-electron chi connectivity index (χ0n) is 15.0. The molecule has 4 rings (SSSR count). The maximum atomic E-state index is 12.6. The van der Waals surface area contributed by atoms with Crippen molar-refractivity contribution in [3.63, 3.8) is 0 Å². The number of hydrogen-bond donors (Lipinski definition) is 1. The number of benzene rings is 2. The van der Waals surface area contributed by atoms with Crippen LogP contribution in [0.3, 0.4) is 0 Å². The number of nitrogens with one attached hydrogen (secondary N) is 1. The van der Waals surface area contributed by atoms with Crippen molar-refractivity contribution in [1.29, 1.82) is 0 Å². The standard InChI is InChI=1S/C22H19N3O2/c1-15(26)16-6-8-18(9-7-16)24-22(27)20-14-19(10-12-23-20)25-13-11-17-4-2-3-5-21(17)25/h2-10,12,14H,11,13H2,1H3,(H,24,27). The van der Waals surface area contributed by atoms with Crippen LogP contribution in [0.25, 0.3) is 0 Å². The van der Waals surface area contributed by atoms with Crippen LogP contribution in [0.2, 0.25) is 0 Å². The van der Waals surface area contributed by atoms with Crippen LogP contribution in [0.1, 0.15) is 33.3 Å². The minimum absolute atomic E-state index is 0.00635. The molecule has 0 spiro atoms. The topological polar surface area (TPSA) is 62.3 Å². The van der Waals surface area contributed by atoms with Gasteiger partial charge in [-0.2, -0.15) is 0 Å². The zero-order chi connectivity index (χ0) is 18.8. The first-order valence-corrected chi connectivity index (χ1v) is 8.86. The van der Waals surface area contributed by atoms with Gasteiger partial charge in [0, 0.05) is 35.4 Å². The van der Waals surface area contributed by atoms with Crippen LogP contribution in [0.5, 0.6) is 0 Å². The summed E-state index contributed by atoms with van der Waals surface area (Å²) in [4.78, 5) is 30.4. The molecule has 1 aliphatic rings. The van der Waals surface area contributed by atoms with E-state index in [0.29, 0.717) is 16.9 Å². The van der Waals surface area contributed by atoms with E-state index in [9.17, 15) is 9.59 Å². The van der Waals surface area contributed by atoms with Crippen LogP contribution in [0.15, 0.2) is 66.9 Å². The molecule has 5 heteroatoms. The van der Waals surface area contributed by atoms with E-state index in [1.807, 2.05) is 18.2 Å². The van der Waals surface area contributed by atoms with E-state index < -0.39 is 0 Å². The summed E-state index contributed by atoms with van der Waals surface area (Å²) in [5, 5.41) is 2.83. The lowest BCUT2D eigenvalue weighted by atomic mass is 10.1. The molecular weight excluding hydrogens is 338 g/mol.